The van der Waals surface area contributed by atoms with Gasteiger partial charge in [-0.2, -0.15) is 13.2 Å². The number of nitrogens with zero attached hydrogens (tertiary/aromatic N) is 2. The van der Waals surface area contributed by atoms with Crippen molar-refractivity contribution in [2.45, 2.75) is 20.0 Å². The van der Waals surface area contributed by atoms with Crippen LogP contribution in [0.4, 0.5) is 24.7 Å². The van der Waals surface area contributed by atoms with Gasteiger partial charge in [0.05, 0.1) is 5.56 Å². The first-order valence-corrected chi connectivity index (χ1v) is 7.30. The van der Waals surface area contributed by atoms with Crippen molar-refractivity contribution in [2.75, 3.05) is 11.9 Å². The molecule has 2 N–H and O–H groups in total. The normalized spacial score (nSPS) is 11.4. The van der Waals surface area contributed by atoms with E-state index in [0.717, 1.165) is 12.1 Å². The highest BCUT2D eigenvalue weighted by molar-refractivity contribution is 5.92. The fourth-order valence-electron chi connectivity index (χ4n) is 1.86. The summed E-state index contributed by atoms with van der Waals surface area (Å²) in [5.41, 5.74) is -0.409. The number of nitrogens with one attached hydrogen (secondary N) is 2. The van der Waals surface area contributed by atoms with Gasteiger partial charge in [0.15, 0.2) is 0 Å². The van der Waals surface area contributed by atoms with E-state index in [1.165, 1.54) is 24.5 Å². The summed E-state index contributed by atoms with van der Waals surface area (Å²) in [6.45, 7) is 4.42. The molecule has 1 aromatic carbocycles. The zero-order valence-electron chi connectivity index (χ0n) is 13.2. The van der Waals surface area contributed by atoms with Crippen molar-refractivity contribution < 1.29 is 18.0 Å². The fourth-order valence-corrected chi connectivity index (χ4v) is 1.86. The van der Waals surface area contributed by atoms with E-state index in [-0.39, 0.29) is 23.1 Å². The molecular formula is C16H17F3N4O. The van der Waals surface area contributed by atoms with Gasteiger partial charge in [0.1, 0.15) is 17.8 Å². The summed E-state index contributed by atoms with van der Waals surface area (Å²) < 4.78 is 38.2. The van der Waals surface area contributed by atoms with Gasteiger partial charge in [-0.3, -0.25) is 4.79 Å². The molecule has 1 amide bonds. The maximum absolute atomic E-state index is 12.7. The van der Waals surface area contributed by atoms with Crippen LogP contribution in [0, 0.1) is 5.92 Å². The van der Waals surface area contributed by atoms with E-state index in [0.29, 0.717) is 12.5 Å². The second-order valence-electron chi connectivity index (χ2n) is 5.60. The predicted octanol–water partition coefficient (Wildman–Crippen LogP) is 3.62. The molecule has 0 unspecified atom stereocenters. The lowest BCUT2D eigenvalue weighted by Gasteiger charge is -2.11. The van der Waals surface area contributed by atoms with Crippen molar-refractivity contribution in [1.29, 1.82) is 0 Å². The van der Waals surface area contributed by atoms with E-state index in [1.807, 2.05) is 13.8 Å². The molecule has 8 heteroatoms. The van der Waals surface area contributed by atoms with E-state index in [1.54, 1.807) is 0 Å². The fraction of sp³-hybridized carbons (Fsp3) is 0.312. The summed E-state index contributed by atoms with van der Waals surface area (Å²) >= 11 is 0. The van der Waals surface area contributed by atoms with Crippen LogP contribution >= 0.6 is 0 Å². The number of rotatable bonds is 5. The number of aromatic nitrogens is 2. The van der Waals surface area contributed by atoms with Crippen LogP contribution in [0.1, 0.15) is 29.9 Å². The van der Waals surface area contributed by atoms with Crippen LogP contribution in [-0.4, -0.2) is 22.4 Å². The van der Waals surface area contributed by atoms with E-state index in [4.69, 9.17) is 0 Å². The van der Waals surface area contributed by atoms with Crippen LogP contribution < -0.4 is 10.6 Å². The maximum atomic E-state index is 12.7. The molecule has 0 bridgehead atoms. The number of carbonyl (C=O) groups is 1. The Balaban J connectivity index is 2.14. The highest BCUT2D eigenvalue weighted by Gasteiger charge is 2.30. The Morgan fingerprint density at radius 1 is 1.21 bits per heavy atom. The van der Waals surface area contributed by atoms with Crippen molar-refractivity contribution in [3.05, 3.63) is 47.9 Å². The van der Waals surface area contributed by atoms with Crippen LogP contribution in [0.3, 0.4) is 0 Å². The summed E-state index contributed by atoms with van der Waals surface area (Å²) in [4.78, 5) is 19.8. The number of alkyl halides is 3. The molecule has 0 aliphatic carbocycles. The van der Waals surface area contributed by atoms with Crippen molar-refractivity contribution in [3.8, 4) is 0 Å². The van der Waals surface area contributed by atoms with Gasteiger partial charge in [-0.05, 0) is 24.1 Å². The minimum Gasteiger partial charge on any atom is -0.350 e. The van der Waals surface area contributed by atoms with Gasteiger partial charge in [-0.25, -0.2) is 9.97 Å². The summed E-state index contributed by atoms with van der Waals surface area (Å²) in [6, 6.07) is 6.12. The maximum Gasteiger partial charge on any atom is 0.416 e. The first-order valence-electron chi connectivity index (χ1n) is 7.30. The van der Waals surface area contributed by atoms with Crippen LogP contribution in [0.5, 0.6) is 0 Å². The molecule has 0 aliphatic heterocycles. The van der Waals surface area contributed by atoms with E-state index < -0.39 is 11.7 Å². The second-order valence-corrected chi connectivity index (χ2v) is 5.60. The van der Waals surface area contributed by atoms with Crippen LogP contribution in [0.15, 0.2) is 36.7 Å². The highest BCUT2D eigenvalue weighted by Crippen LogP contribution is 2.31. The number of anilines is 2. The minimum absolute atomic E-state index is 0.139. The molecule has 0 fully saturated rings. The van der Waals surface area contributed by atoms with Gasteiger partial charge >= 0.3 is 6.18 Å². The van der Waals surface area contributed by atoms with Crippen molar-refractivity contribution in [1.82, 2.24) is 15.3 Å². The van der Waals surface area contributed by atoms with Crippen LogP contribution in [0.25, 0.3) is 0 Å². The molecule has 2 rings (SSSR count). The Morgan fingerprint density at radius 2 is 1.96 bits per heavy atom. The topological polar surface area (TPSA) is 66.9 Å². The smallest absolute Gasteiger partial charge is 0.350 e. The van der Waals surface area contributed by atoms with Crippen molar-refractivity contribution in [3.63, 3.8) is 0 Å². The van der Waals surface area contributed by atoms with Crippen molar-refractivity contribution in [2.24, 2.45) is 5.92 Å². The third-order valence-corrected chi connectivity index (χ3v) is 3.03. The molecule has 1 aromatic heterocycles. The summed E-state index contributed by atoms with van der Waals surface area (Å²) in [5, 5.41) is 5.46. The quantitative estimate of drug-likeness (QED) is 0.874. The molecule has 0 spiro atoms. The summed E-state index contributed by atoms with van der Waals surface area (Å²) in [5.74, 6) is 0.163. The summed E-state index contributed by atoms with van der Waals surface area (Å²) in [7, 11) is 0. The number of hydrogen-bond acceptors (Lipinski definition) is 4. The predicted molar refractivity (Wildman–Crippen MR) is 83.9 cm³/mol. The second kappa shape index (κ2) is 7.29. The number of carbonyl (C=O) groups excluding carboxylic acids is 1. The monoisotopic (exact) mass is 338 g/mol. The zero-order chi connectivity index (χ0) is 17.7. The first kappa shape index (κ1) is 17.7. The SMILES string of the molecule is CC(C)CNC(=O)c1cc(Nc2cccc(C(F)(F)F)c2)ncn1. The molecule has 0 saturated heterocycles. The number of amides is 1. The molecular weight excluding hydrogens is 321 g/mol. The van der Waals surface area contributed by atoms with Gasteiger partial charge in [-0.1, -0.05) is 19.9 Å². The zero-order valence-corrected chi connectivity index (χ0v) is 13.2. The van der Waals surface area contributed by atoms with Crippen LogP contribution in [0.2, 0.25) is 0 Å². The summed E-state index contributed by atoms with van der Waals surface area (Å²) in [6.07, 6.45) is -3.24. The van der Waals surface area contributed by atoms with Gasteiger partial charge < -0.3 is 10.6 Å². The van der Waals surface area contributed by atoms with Gasteiger partial charge in [0, 0.05) is 18.3 Å². The molecule has 0 atom stereocenters. The molecule has 0 aliphatic rings. The lowest BCUT2D eigenvalue weighted by atomic mass is 10.2. The average molecular weight is 338 g/mol. The molecule has 0 radical (unpaired) electrons. The average Bonchev–Trinajstić information content (AvgIpc) is 2.52. The number of hydrogen-bond donors (Lipinski definition) is 2. The standard InChI is InChI=1S/C16H17F3N4O/c1-10(2)8-20-15(24)13-7-14(22-9-21-13)23-12-5-3-4-11(6-12)16(17,18)19/h3-7,9-10H,8H2,1-2H3,(H,20,24)(H,21,22,23). The van der Waals surface area contributed by atoms with E-state index >= 15 is 0 Å². The Morgan fingerprint density at radius 3 is 2.62 bits per heavy atom. The molecule has 5 nitrogen and oxygen atoms in total. The molecule has 2 aromatic rings. The largest absolute Gasteiger partial charge is 0.416 e. The Bertz CT molecular complexity index is 716. The van der Waals surface area contributed by atoms with E-state index in [9.17, 15) is 18.0 Å². The minimum atomic E-state index is -4.43. The van der Waals surface area contributed by atoms with Gasteiger partial charge in [-0.15, -0.1) is 0 Å². The molecule has 24 heavy (non-hydrogen) atoms. The number of benzene rings is 1. The van der Waals surface area contributed by atoms with Gasteiger partial charge in [0.25, 0.3) is 5.91 Å². The molecule has 128 valence electrons. The first-order chi connectivity index (χ1) is 11.3. The molecule has 0 saturated carbocycles. The third-order valence-electron chi connectivity index (χ3n) is 3.03. The van der Waals surface area contributed by atoms with Gasteiger partial charge in [0.2, 0.25) is 0 Å². The lowest BCUT2D eigenvalue weighted by Crippen LogP contribution is -2.28. The Kier molecular flexibility index (Phi) is 5.38. The highest BCUT2D eigenvalue weighted by atomic mass is 19.4. The Labute approximate surface area is 137 Å². The lowest BCUT2D eigenvalue weighted by molar-refractivity contribution is -0.137. The Hall–Kier alpha value is -2.64. The van der Waals surface area contributed by atoms with E-state index in [2.05, 4.69) is 20.6 Å². The van der Waals surface area contributed by atoms with Crippen molar-refractivity contribution >= 4 is 17.4 Å². The molecule has 1 heterocycles. The third kappa shape index (κ3) is 4.94. The number of halogens is 3. The van der Waals surface area contributed by atoms with Crippen LogP contribution in [-0.2, 0) is 6.18 Å².